The molecule has 0 bridgehead atoms. The van der Waals surface area contributed by atoms with Gasteiger partial charge in [-0.2, -0.15) is 5.26 Å². The van der Waals surface area contributed by atoms with Crippen LogP contribution >= 0.6 is 11.6 Å². The van der Waals surface area contributed by atoms with Gasteiger partial charge in [0, 0.05) is 5.02 Å². The van der Waals surface area contributed by atoms with Crippen LogP contribution in [0.4, 0.5) is 0 Å². The second-order valence-corrected chi connectivity index (χ2v) is 7.34. The standard InChI is InChI=1S/C19H28ClN/c1-14(2)19(5,13-21)16(4)11-10-15(3)12-17-8-6-7-9-18(17)20/h6-9,14-16H,10-12H2,1-5H3. The minimum Gasteiger partial charge on any atom is -0.198 e. The lowest BCUT2D eigenvalue weighted by atomic mass is 9.69. The monoisotopic (exact) mass is 305 g/mol. The first-order valence-corrected chi connectivity index (χ1v) is 8.33. The second-order valence-electron chi connectivity index (χ2n) is 6.93. The Morgan fingerprint density at radius 1 is 1.14 bits per heavy atom. The molecule has 0 fully saturated rings. The van der Waals surface area contributed by atoms with Gasteiger partial charge in [-0.05, 0) is 49.1 Å². The summed E-state index contributed by atoms with van der Waals surface area (Å²) in [5.74, 6) is 1.38. The molecule has 116 valence electrons. The molecule has 1 nitrogen and oxygen atoms in total. The molecule has 21 heavy (non-hydrogen) atoms. The van der Waals surface area contributed by atoms with E-state index in [1.54, 1.807) is 0 Å². The molecule has 1 aromatic rings. The zero-order valence-electron chi connectivity index (χ0n) is 14.0. The highest BCUT2D eigenvalue weighted by Gasteiger charge is 2.34. The van der Waals surface area contributed by atoms with Crippen LogP contribution in [0.25, 0.3) is 0 Å². The van der Waals surface area contributed by atoms with Gasteiger partial charge in [-0.15, -0.1) is 0 Å². The third-order valence-electron chi connectivity index (χ3n) is 5.08. The van der Waals surface area contributed by atoms with E-state index < -0.39 is 0 Å². The summed E-state index contributed by atoms with van der Waals surface area (Å²) in [5, 5.41) is 10.4. The van der Waals surface area contributed by atoms with Crippen LogP contribution in [0.3, 0.4) is 0 Å². The lowest BCUT2D eigenvalue weighted by molar-refractivity contribution is 0.182. The number of nitrogens with zero attached hydrogens (tertiary/aromatic N) is 1. The minimum absolute atomic E-state index is 0.232. The predicted octanol–water partition coefficient (Wildman–Crippen LogP) is 6.12. The topological polar surface area (TPSA) is 23.8 Å². The molecule has 3 unspecified atom stereocenters. The fourth-order valence-corrected chi connectivity index (χ4v) is 3.00. The van der Waals surface area contributed by atoms with Gasteiger partial charge >= 0.3 is 0 Å². The van der Waals surface area contributed by atoms with E-state index in [1.165, 1.54) is 5.56 Å². The van der Waals surface area contributed by atoms with Crippen molar-refractivity contribution in [1.82, 2.24) is 0 Å². The normalized spacial score (nSPS) is 17.0. The first-order chi connectivity index (χ1) is 9.81. The molecule has 0 heterocycles. The molecule has 0 aliphatic rings. The summed E-state index contributed by atoms with van der Waals surface area (Å²) >= 11 is 6.22. The number of halogens is 1. The number of rotatable bonds is 7. The molecule has 0 saturated heterocycles. The van der Waals surface area contributed by atoms with Crippen LogP contribution < -0.4 is 0 Å². The van der Waals surface area contributed by atoms with Crippen molar-refractivity contribution < 1.29 is 0 Å². The highest BCUT2D eigenvalue weighted by molar-refractivity contribution is 6.31. The summed E-state index contributed by atoms with van der Waals surface area (Å²) < 4.78 is 0. The van der Waals surface area contributed by atoms with Crippen LogP contribution in [-0.2, 0) is 6.42 Å². The Kier molecular flexibility index (Phi) is 6.75. The van der Waals surface area contributed by atoms with Gasteiger partial charge in [0.2, 0.25) is 0 Å². The summed E-state index contributed by atoms with van der Waals surface area (Å²) in [6.07, 6.45) is 3.24. The maximum Gasteiger partial charge on any atom is 0.0692 e. The molecule has 0 radical (unpaired) electrons. The molecule has 0 aromatic heterocycles. The fraction of sp³-hybridized carbons (Fsp3) is 0.632. The molecule has 2 heteroatoms. The molecule has 0 aliphatic carbocycles. The van der Waals surface area contributed by atoms with Gasteiger partial charge < -0.3 is 0 Å². The SMILES string of the molecule is CC(CCC(C)C(C)(C#N)C(C)C)Cc1ccccc1Cl. The number of hydrogen-bond acceptors (Lipinski definition) is 1. The molecule has 1 aromatic carbocycles. The Morgan fingerprint density at radius 2 is 1.76 bits per heavy atom. The highest BCUT2D eigenvalue weighted by atomic mass is 35.5. The van der Waals surface area contributed by atoms with E-state index in [0.29, 0.717) is 17.8 Å². The average Bonchev–Trinajstić information content (AvgIpc) is 2.46. The maximum atomic E-state index is 9.50. The zero-order valence-corrected chi connectivity index (χ0v) is 14.7. The zero-order chi connectivity index (χ0) is 16.0. The van der Waals surface area contributed by atoms with E-state index in [-0.39, 0.29) is 5.41 Å². The van der Waals surface area contributed by atoms with Crippen LogP contribution in [0, 0.1) is 34.5 Å². The molecule has 0 amide bonds. The van der Waals surface area contributed by atoms with Crippen molar-refractivity contribution in [3.63, 3.8) is 0 Å². The van der Waals surface area contributed by atoms with Gasteiger partial charge in [0.05, 0.1) is 11.5 Å². The summed E-state index contributed by atoms with van der Waals surface area (Å²) in [7, 11) is 0. The average molecular weight is 306 g/mol. The van der Waals surface area contributed by atoms with Crippen LogP contribution in [-0.4, -0.2) is 0 Å². The highest BCUT2D eigenvalue weighted by Crippen LogP contribution is 2.38. The van der Waals surface area contributed by atoms with Crippen molar-refractivity contribution in [3.05, 3.63) is 34.9 Å². The van der Waals surface area contributed by atoms with E-state index in [4.69, 9.17) is 11.6 Å². The van der Waals surface area contributed by atoms with Crippen LogP contribution in [0.1, 0.15) is 53.0 Å². The molecule has 1 rings (SSSR count). The van der Waals surface area contributed by atoms with Crippen LogP contribution in [0.5, 0.6) is 0 Å². The molecule has 0 N–H and O–H groups in total. The van der Waals surface area contributed by atoms with Gasteiger partial charge in [0.25, 0.3) is 0 Å². The third kappa shape index (κ3) is 4.75. The Bertz CT molecular complexity index is 489. The first-order valence-electron chi connectivity index (χ1n) is 7.95. The molecular weight excluding hydrogens is 278 g/mol. The van der Waals surface area contributed by atoms with Crippen LogP contribution in [0.2, 0.25) is 5.02 Å². The second kappa shape index (κ2) is 7.85. The number of hydrogen-bond donors (Lipinski definition) is 0. The first kappa shape index (κ1) is 18.1. The van der Waals surface area contributed by atoms with Crippen molar-refractivity contribution in [2.24, 2.45) is 23.2 Å². The van der Waals surface area contributed by atoms with E-state index in [1.807, 2.05) is 18.2 Å². The lowest BCUT2D eigenvalue weighted by Crippen LogP contribution is -2.29. The van der Waals surface area contributed by atoms with E-state index in [9.17, 15) is 5.26 Å². The van der Waals surface area contributed by atoms with E-state index in [2.05, 4.69) is 46.8 Å². The Labute approximate surface area is 135 Å². The summed E-state index contributed by atoms with van der Waals surface area (Å²) in [5.41, 5.74) is 0.996. The van der Waals surface area contributed by atoms with E-state index in [0.717, 1.165) is 24.3 Å². The molecule has 0 spiro atoms. The lowest BCUT2D eigenvalue weighted by Gasteiger charge is -2.33. The van der Waals surface area contributed by atoms with Gasteiger partial charge in [-0.3, -0.25) is 0 Å². The van der Waals surface area contributed by atoms with Crippen molar-refractivity contribution in [1.29, 1.82) is 5.26 Å². The predicted molar refractivity (Wildman–Crippen MR) is 91.3 cm³/mol. The smallest absolute Gasteiger partial charge is 0.0692 e. The maximum absolute atomic E-state index is 9.50. The number of benzene rings is 1. The van der Waals surface area contributed by atoms with Crippen molar-refractivity contribution in [2.45, 2.75) is 53.9 Å². The van der Waals surface area contributed by atoms with E-state index >= 15 is 0 Å². The van der Waals surface area contributed by atoms with Gasteiger partial charge in [-0.25, -0.2) is 0 Å². The molecule has 3 atom stereocenters. The largest absolute Gasteiger partial charge is 0.198 e. The molecule has 0 saturated carbocycles. The number of nitriles is 1. The minimum atomic E-state index is -0.232. The summed E-state index contributed by atoms with van der Waals surface area (Å²) in [4.78, 5) is 0. The van der Waals surface area contributed by atoms with Gasteiger partial charge in [0.1, 0.15) is 0 Å². The molecular formula is C19H28ClN. The van der Waals surface area contributed by atoms with Crippen molar-refractivity contribution in [3.8, 4) is 6.07 Å². The van der Waals surface area contributed by atoms with Crippen molar-refractivity contribution >= 4 is 11.6 Å². The van der Waals surface area contributed by atoms with Crippen LogP contribution in [0.15, 0.2) is 24.3 Å². The molecule has 0 aliphatic heterocycles. The van der Waals surface area contributed by atoms with Gasteiger partial charge in [0.15, 0.2) is 0 Å². The quantitative estimate of drug-likeness (QED) is 0.595. The third-order valence-corrected chi connectivity index (χ3v) is 5.45. The Morgan fingerprint density at radius 3 is 2.29 bits per heavy atom. The van der Waals surface area contributed by atoms with Gasteiger partial charge in [-0.1, -0.05) is 63.9 Å². The van der Waals surface area contributed by atoms with Crippen molar-refractivity contribution in [2.75, 3.05) is 0 Å². The summed E-state index contributed by atoms with van der Waals surface area (Å²) in [6, 6.07) is 10.6. The fourth-order valence-electron chi connectivity index (χ4n) is 2.78. The Balaban J connectivity index is 2.56. The Hall–Kier alpha value is -1.00. The summed E-state index contributed by atoms with van der Waals surface area (Å²) in [6.45, 7) is 10.9.